The maximum absolute atomic E-state index is 12.0. The summed E-state index contributed by atoms with van der Waals surface area (Å²) in [5, 5.41) is 2.94. The number of ketones is 1. The Labute approximate surface area is 93.7 Å². The van der Waals surface area contributed by atoms with Crippen LogP contribution in [0.5, 0.6) is 0 Å². The van der Waals surface area contributed by atoms with Crippen LogP contribution >= 0.6 is 11.3 Å². The molecule has 82 valence electrons. The third-order valence-corrected chi connectivity index (χ3v) is 3.86. The number of aromatic nitrogens is 1. The Morgan fingerprint density at radius 3 is 2.87 bits per heavy atom. The van der Waals surface area contributed by atoms with Gasteiger partial charge in [-0.2, -0.15) is 0 Å². The Morgan fingerprint density at radius 2 is 2.40 bits per heavy atom. The Morgan fingerprint density at radius 1 is 1.73 bits per heavy atom. The van der Waals surface area contributed by atoms with Crippen LogP contribution in [0.2, 0.25) is 0 Å². The van der Waals surface area contributed by atoms with E-state index in [4.69, 9.17) is 5.73 Å². The molecule has 0 aromatic carbocycles. The molecular weight excluding hydrogens is 208 g/mol. The van der Waals surface area contributed by atoms with Gasteiger partial charge in [0.05, 0.1) is 22.7 Å². The minimum absolute atomic E-state index is 0.121. The first-order valence-corrected chi connectivity index (χ1v) is 6.11. The average molecular weight is 224 g/mol. The smallest absolute Gasteiger partial charge is 0.158 e. The Balaban J connectivity index is 2.03. The number of carbonyl (C=O) groups is 1. The Hall–Kier alpha value is -0.740. The number of hydrogen-bond acceptors (Lipinski definition) is 4. The quantitative estimate of drug-likeness (QED) is 0.846. The van der Waals surface area contributed by atoms with Crippen LogP contribution < -0.4 is 5.73 Å². The minimum atomic E-state index is -0.641. The maximum Gasteiger partial charge on any atom is 0.158 e. The highest BCUT2D eigenvalue weighted by molar-refractivity contribution is 7.09. The molecule has 1 fully saturated rings. The summed E-state index contributed by atoms with van der Waals surface area (Å²) in [5.74, 6) is 0.514. The molecule has 0 bridgehead atoms. The lowest BCUT2D eigenvalue weighted by Crippen LogP contribution is -2.48. The summed E-state index contributed by atoms with van der Waals surface area (Å²) in [6, 6.07) is 0. The van der Waals surface area contributed by atoms with Crippen LogP contribution in [0.4, 0.5) is 0 Å². The molecule has 0 amide bonds. The molecule has 1 heterocycles. The number of hydrogen-bond donors (Lipinski definition) is 1. The van der Waals surface area contributed by atoms with Crippen LogP contribution in [0.3, 0.4) is 0 Å². The van der Waals surface area contributed by atoms with Crippen LogP contribution in [0, 0.1) is 12.8 Å². The molecule has 1 aliphatic rings. The molecule has 2 N–H and O–H groups in total. The number of thiazole rings is 1. The molecule has 1 aromatic rings. The number of nitrogens with two attached hydrogens (primary N) is 1. The maximum atomic E-state index is 12.0. The van der Waals surface area contributed by atoms with Crippen molar-refractivity contribution in [1.29, 1.82) is 0 Å². The summed E-state index contributed by atoms with van der Waals surface area (Å²) in [4.78, 5) is 16.3. The first kappa shape index (κ1) is 10.8. The topological polar surface area (TPSA) is 56.0 Å². The lowest BCUT2D eigenvalue weighted by atomic mass is 9.89. The highest BCUT2D eigenvalue weighted by Crippen LogP contribution is 2.38. The molecule has 1 saturated carbocycles. The average Bonchev–Trinajstić information content (AvgIpc) is 2.92. The second kappa shape index (κ2) is 3.68. The molecule has 1 aromatic heterocycles. The lowest BCUT2D eigenvalue weighted by molar-refractivity contribution is -0.123. The van der Waals surface area contributed by atoms with Gasteiger partial charge in [0.1, 0.15) is 0 Å². The predicted molar refractivity (Wildman–Crippen MR) is 60.9 cm³/mol. The van der Waals surface area contributed by atoms with Crippen molar-refractivity contribution in [2.45, 2.75) is 38.6 Å². The number of aryl methyl sites for hydroxylation is 1. The van der Waals surface area contributed by atoms with E-state index >= 15 is 0 Å². The molecule has 3 nitrogen and oxygen atoms in total. The van der Waals surface area contributed by atoms with Crippen LogP contribution in [-0.4, -0.2) is 16.3 Å². The molecule has 1 atom stereocenters. The zero-order chi connectivity index (χ0) is 11.1. The van der Waals surface area contributed by atoms with Crippen LogP contribution in [0.1, 0.15) is 30.5 Å². The van der Waals surface area contributed by atoms with Gasteiger partial charge in [-0.25, -0.2) is 4.98 Å². The Kier molecular flexibility index (Phi) is 2.64. The van der Waals surface area contributed by atoms with E-state index in [2.05, 4.69) is 4.98 Å². The van der Waals surface area contributed by atoms with Crippen molar-refractivity contribution in [2.75, 3.05) is 0 Å². The van der Waals surface area contributed by atoms with Crippen molar-refractivity contribution in [3.63, 3.8) is 0 Å². The first-order chi connectivity index (χ1) is 7.00. The van der Waals surface area contributed by atoms with Gasteiger partial charge in [0.25, 0.3) is 0 Å². The monoisotopic (exact) mass is 224 g/mol. The summed E-state index contributed by atoms with van der Waals surface area (Å²) >= 11 is 1.58. The van der Waals surface area contributed by atoms with E-state index in [0.717, 1.165) is 23.5 Å². The van der Waals surface area contributed by atoms with E-state index in [1.807, 2.05) is 19.2 Å². The van der Waals surface area contributed by atoms with E-state index in [1.165, 1.54) is 0 Å². The molecule has 0 spiro atoms. The van der Waals surface area contributed by atoms with Crippen molar-refractivity contribution < 1.29 is 4.79 Å². The van der Waals surface area contributed by atoms with E-state index in [1.54, 1.807) is 11.3 Å². The van der Waals surface area contributed by atoms with Gasteiger partial charge in [0, 0.05) is 5.38 Å². The highest BCUT2D eigenvalue weighted by atomic mass is 32.1. The summed E-state index contributed by atoms with van der Waals surface area (Å²) in [5.41, 5.74) is 6.27. The fourth-order valence-corrected chi connectivity index (χ4v) is 2.37. The van der Waals surface area contributed by atoms with Gasteiger partial charge in [-0.05, 0) is 32.6 Å². The zero-order valence-corrected chi connectivity index (χ0v) is 9.93. The predicted octanol–water partition coefficient (Wildman–Crippen LogP) is 1.69. The molecular formula is C11H16N2OS. The lowest BCUT2D eigenvalue weighted by Gasteiger charge is -2.21. The minimum Gasteiger partial charge on any atom is -0.319 e. The molecule has 0 radical (unpaired) electrons. The fourth-order valence-electron chi connectivity index (χ4n) is 1.76. The summed E-state index contributed by atoms with van der Waals surface area (Å²) in [7, 11) is 0. The summed E-state index contributed by atoms with van der Waals surface area (Å²) in [6.45, 7) is 3.80. The number of Topliss-reactive ketones (excluding diaryl/α,β-unsaturated/α-hetero) is 1. The number of nitrogens with zero attached hydrogens (tertiary/aromatic N) is 1. The standard InChI is InChI=1S/C11H16N2OS/c1-7-13-9(6-15-7)5-10(14)11(2,12)8-3-4-8/h6,8H,3-5,12H2,1-2H3. The van der Waals surface area contributed by atoms with Gasteiger partial charge < -0.3 is 5.73 Å². The van der Waals surface area contributed by atoms with Crippen LogP contribution in [0.15, 0.2) is 5.38 Å². The van der Waals surface area contributed by atoms with Gasteiger partial charge >= 0.3 is 0 Å². The third-order valence-electron chi connectivity index (χ3n) is 3.03. The molecule has 1 unspecified atom stereocenters. The second-order valence-electron chi connectivity index (χ2n) is 4.51. The highest BCUT2D eigenvalue weighted by Gasteiger charge is 2.43. The van der Waals surface area contributed by atoms with Crippen LogP contribution in [0.25, 0.3) is 0 Å². The zero-order valence-electron chi connectivity index (χ0n) is 9.12. The summed E-state index contributed by atoms with van der Waals surface area (Å²) in [6.07, 6.45) is 2.57. The van der Waals surface area contributed by atoms with E-state index in [-0.39, 0.29) is 5.78 Å². The van der Waals surface area contributed by atoms with Gasteiger partial charge in [0.15, 0.2) is 5.78 Å². The van der Waals surface area contributed by atoms with Gasteiger partial charge in [0.2, 0.25) is 0 Å². The summed E-state index contributed by atoms with van der Waals surface area (Å²) < 4.78 is 0. The van der Waals surface area contributed by atoms with Crippen molar-refractivity contribution >= 4 is 17.1 Å². The van der Waals surface area contributed by atoms with Gasteiger partial charge in [-0.15, -0.1) is 11.3 Å². The van der Waals surface area contributed by atoms with E-state index < -0.39 is 5.54 Å². The van der Waals surface area contributed by atoms with Gasteiger partial charge in [-0.3, -0.25) is 4.79 Å². The van der Waals surface area contributed by atoms with Crippen molar-refractivity contribution in [3.8, 4) is 0 Å². The second-order valence-corrected chi connectivity index (χ2v) is 5.58. The largest absolute Gasteiger partial charge is 0.319 e. The van der Waals surface area contributed by atoms with Gasteiger partial charge in [-0.1, -0.05) is 0 Å². The van der Waals surface area contributed by atoms with E-state index in [0.29, 0.717) is 12.3 Å². The first-order valence-electron chi connectivity index (χ1n) is 5.23. The SMILES string of the molecule is Cc1nc(CC(=O)C(C)(N)C2CC2)cs1. The number of rotatable bonds is 4. The molecule has 15 heavy (non-hydrogen) atoms. The molecule has 0 aliphatic heterocycles. The normalized spacial score (nSPS) is 19.9. The van der Waals surface area contributed by atoms with E-state index in [9.17, 15) is 4.79 Å². The van der Waals surface area contributed by atoms with Crippen molar-refractivity contribution in [3.05, 3.63) is 16.1 Å². The van der Waals surface area contributed by atoms with Crippen molar-refractivity contribution in [2.24, 2.45) is 11.7 Å². The fraction of sp³-hybridized carbons (Fsp3) is 0.636. The number of carbonyl (C=O) groups excluding carboxylic acids is 1. The van der Waals surface area contributed by atoms with Crippen LogP contribution in [-0.2, 0) is 11.2 Å². The van der Waals surface area contributed by atoms with Crippen molar-refractivity contribution in [1.82, 2.24) is 4.98 Å². The molecule has 4 heteroatoms. The third kappa shape index (κ3) is 2.26. The molecule has 2 rings (SSSR count). The molecule has 1 aliphatic carbocycles. The molecule has 0 saturated heterocycles. The Bertz CT molecular complexity index is 380.